The van der Waals surface area contributed by atoms with Crippen molar-refractivity contribution >= 4 is 17.5 Å². The van der Waals surface area contributed by atoms with Crippen LogP contribution in [-0.2, 0) is 14.3 Å². The van der Waals surface area contributed by atoms with E-state index in [1.807, 2.05) is 48.5 Å². The van der Waals surface area contributed by atoms with Crippen molar-refractivity contribution in [2.45, 2.75) is 38.1 Å². The van der Waals surface area contributed by atoms with Crippen LogP contribution in [0, 0.1) is 5.92 Å². The third-order valence-electron chi connectivity index (χ3n) is 8.22. The Balaban J connectivity index is 1.40. The van der Waals surface area contributed by atoms with Crippen LogP contribution in [0.2, 0.25) is 0 Å². The highest BCUT2D eigenvalue weighted by atomic mass is 16.5. The minimum absolute atomic E-state index is 0.000516. The van der Waals surface area contributed by atoms with Gasteiger partial charge in [0.25, 0.3) is 5.91 Å². The van der Waals surface area contributed by atoms with E-state index in [1.54, 1.807) is 24.1 Å². The van der Waals surface area contributed by atoms with Crippen LogP contribution >= 0.6 is 0 Å². The summed E-state index contributed by atoms with van der Waals surface area (Å²) in [7, 11) is 3.27. The monoisotopic (exact) mass is 548 g/mol. The molecule has 2 aromatic carbocycles. The van der Waals surface area contributed by atoms with Crippen molar-refractivity contribution < 1.29 is 23.8 Å². The van der Waals surface area contributed by atoms with Gasteiger partial charge < -0.3 is 19.1 Å². The Labute approximate surface area is 236 Å². The molecule has 9 nitrogen and oxygen atoms in total. The Morgan fingerprint density at radius 2 is 1.73 bits per heavy atom. The number of carbonyl (C=O) groups excluding carboxylic acids is 2. The molecule has 2 fully saturated rings. The summed E-state index contributed by atoms with van der Waals surface area (Å²) in [4.78, 5) is 31.7. The minimum atomic E-state index is -0.330. The summed E-state index contributed by atoms with van der Waals surface area (Å²) < 4.78 is 16.5. The second-order valence-corrected chi connectivity index (χ2v) is 10.7. The topological polar surface area (TPSA) is 83.9 Å². The Morgan fingerprint density at radius 1 is 1.00 bits per heavy atom. The first-order valence-corrected chi connectivity index (χ1v) is 14.3. The molecular formula is C31H40N4O5. The molecule has 0 bridgehead atoms. The maximum absolute atomic E-state index is 14.0. The zero-order valence-corrected chi connectivity index (χ0v) is 23.6. The van der Waals surface area contributed by atoms with Crippen molar-refractivity contribution in [3.05, 3.63) is 59.7 Å². The molecule has 0 aromatic heterocycles. The van der Waals surface area contributed by atoms with Crippen molar-refractivity contribution in [1.82, 2.24) is 14.8 Å². The number of para-hydroxylation sites is 1. The smallest absolute Gasteiger partial charge is 0.262 e. The van der Waals surface area contributed by atoms with E-state index >= 15 is 0 Å². The largest absolute Gasteiger partial charge is 0.497 e. The summed E-state index contributed by atoms with van der Waals surface area (Å²) in [6.45, 7) is 4.34. The van der Waals surface area contributed by atoms with Crippen molar-refractivity contribution in [1.29, 1.82) is 0 Å². The molecule has 2 aromatic rings. The van der Waals surface area contributed by atoms with Crippen LogP contribution in [0.15, 0.2) is 53.6 Å². The van der Waals surface area contributed by atoms with Gasteiger partial charge in [0, 0.05) is 44.1 Å². The first-order chi connectivity index (χ1) is 19.6. The standard InChI is InChI=1S/C31H40N4O5/c1-38-25-13-11-23(12-14-25)27-21-28(26-9-5-6-10-29(26)39-2)35(32-27)30(36)22-34(31(37)24-7-3-4-8-24)16-15-33-17-19-40-20-18-33/h5-6,9-14,24,28H,3-4,7-8,15-22H2,1-2H3/t28-/m1/s1. The molecule has 0 N–H and O–H groups in total. The zero-order valence-electron chi connectivity index (χ0n) is 23.6. The van der Waals surface area contributed by atoms with Crippen molar-refractivity contribution in [2.24, 2.45) is 11.0 Å². The Kier molecular flexibility index (Phi) is 9.34. The third-order valence-corrected chi connectivity index (χ3v) is 8.22. The first kappa shape index (κ1) is 28.1. The Morgan fingerprint density at radius 3 is 2.42 bits per heavy atom. The van der Waals surface area contributed by atoms with Crippen LogP contribution < -0.4 is 9.47 Å². The SMILES string of the molecule is COc1ccc(C2=NN(C(=O)CN(CCN3CCOCC3)C(=O)C3CCCC3)[C@@H](c3ccccc3OC)C2)cc1. The van der Waals surface area contributed by atoms with E-state index in [2.05, 4.69) is 4.90 Å². The van der Waals surface area contributed by atoms with Gasteiger partial charge >= 0.3 is 0 Å². The summed E-state index contributed by atoms with van der Waals surface area (Å²) >= 11 is 0. The molecule has 5 rings (SSSR count). The molecule has 0 unspecified atom stereocenters. The molecule has 40 heavy (non-hydrogen) atoms. The molecule has 1 atom stereocenters. The third kappa shape index (κ3) is 6.47. The maximum Gasteiger partial charge on any atom is 0.262 e. The summed E-state index contributed by atoms with van der Waals surface area (Å²) in [5, 5.41) is 6.42. The normalized spacial score (nSPS) is 19.9. The summed E-state index contributed by atoms with van der Waals surface area (Å²) in [5.41, 5.74) is 2.64. The lowest BCUT2D eigenvalue weighted by atomic mass is 9.97. The van der Waals surface area contributed by atoms with Gasteiger partial charge in [-0.3, -0.25) is 14.5 Å². The highest BCUT2D eigenvalue weighted by Gasteiger charge is 2.37. The second-order valence-electron chi connectivity index (χ2n) is 10.7. The quantitative estimate of drug-likeness (QED) is 0.450. The van der Waals surface area contributed by atoms with Gasteiger partial charge in [-0.25, -0.2) is 5.01 Å². The second kappa shape index (κ2) is 13.3. The molecule has 1 saturated heterocycles. The number of benzene rings is 2. The molecule has 2 amide bonds. The molecule has 1 saturated carbocycles. The number of hydrogen-bond donors (Lipinski definition) is 0. The Hall–Kier alpha value is -3.43. The molecule has 0 radical (unpaired) electrons. The highest BCUT2D eigenvalue weighted by Crippen LogP contribution is 2.38. The van der Waals surface area contributed by atoms with E-state index in [-0.39, 0.29) is 30.3 Å². The van der Waals surface area contributed by atoms with Gasteiger partial charge in [-0.15, -0.1) is 0 Å². The van der Waals surface area contributed by atoms with Gasteiger partial charge in [-0.2, -0.15) is 5.10 Å². The number of morpholine rings is 1. The zero-order chi connectivity index (χ0) is 27.9. The number of hydrogen-bond acceptors (Lipinski definition) is 7. The van der Waals surface area contributed by atoms with Crippen LogP contribution in [0.5, 0.6) is 11.5 Å². The summed E-state index contributed by atoms with van der Waals surface area (Å²) in [6.07, 6.45) is 4.48. The molecular weight excluding hydrogens is 508 g/mol. The molecule has 2 heterocycles. The average Bonchev–Trinajstić information content (AvgIpc) is 3.71. The van der Waals surface area contributed by atoms with Crippen LogP contribution in [0.3, 0.4) is 0 Å². The fourth-order valence-corrected chi connectivity index (χ4v) is 5.90. The van der Waals surface area contributed by atoms with E-state index in [9.17, 15) is 9.59 Å². The first-order valence-electron chi connectivity index (χ1n) is 14.3. The number of nitrogens with zero attached hydrogens (tertiary/aromatic N) is 4. The van der Waals surface area contributed by atoms with E-state index < -0.39 is 0 Å². The molecule has 214 valence electrons. The molecule has 3 aliphatic rings. The molecule has 2 aliphatic heterocycles. The Bertz CT molecular complexity index is 1190. The summed E-state index contributed by atoms with van der Waals surface area (Å²) in [6, 6.07) is 15.1. The van der Waals surface area contributed by atoms with Gasteiger partial charge in [0.15, 0.2) is 0 Å². The molecule has 0 spiro atoms. The number of methoxy groups -OCH3 is 2. The van der Waals surface area contributed by atoms with E-state index in [0.29, 0.717) is 31.9 Å². The van der Waals surface area contributed by atoms with Crippen LogP contribution in [0.1, 0.15) is 49.3 Å². The fourth-order valence-electron chi connectivity index (χ4n) is 5.90. The highest BCUT2D eigenvalue weighted by molar-refractivity contribution is 6.03. The lowest BCUT2D eigenvalue weighted by Gasteiger charge is -2.32. The lowest BCUT2D eigenvalue weighted by molar-refractivity contribution is -0.144. The molecule has 9 heteroatoms. The van der Waals surface area contributed by atoms with Crippen LogP contribution in [0.25, 0.3) is 0 Å². The lowest BCUT2D eigenvalue weighted by Crippen LogP contribution is -2.48. The fraction of sp³-hybridized carbons (Fsp3) is 0.516. The van der Waals surface area contributed by atoms with E-state index in [1.165, 1.54) is 0 Å². The number of amides is 2. The van der Waals surface area contributed by atoms with Crippen molar-refractivity contribution in [3.63, 3.8) is 0 Å². The van der Waals surface area contributed by atoms with E-state index in [4.69, 9.17) is 19.3 Å². The van der Waals surface area contributed by atoms with Gasteiger partial charge in [-0.1, -0.05) is 31.0 Å². The number of ether oxygens (including phenoxy) is 3. The number of rotatable bonds is 10. The van der Waals surface area contributed by atoms with Gasteiger partial charge in [0.05, 0.1) is 39.2 Å². The maximum atomic E-state index is 14.0. The predicted octanol–water partition coefficient (Wildman–Crippen LogP) is 3.73. The van der Waals surface area contributed by atoms with Gasteiger partial charge in [0.2, 0.25) is 5.91 Å². The number of carbonyl (C=O) groups is 2. The molecule has 1 aliphatic carbocycles. The van der Waals surface area contributed by atoms with Crippen molar-refractivity contribution in [2.75, 3.05) is 60.2 Å². The predicted molar refractivity (Wildman–Crippen MR) is 153 cm³/mol. The minimum Gasteiger partial charge on any atom is -0.497 e. The van der Waals surface area contributed by atoms with Crippen LogP contribution in [-0.4, -0.2) is 92.5 Å². The summed E-state index contributed by atoms with van der Waals surface area (Å²) in [5.74, 6) is 1.37. The van der Waals surface area contributed by atoms with Crippen LogP contribution in [0.4, 0.5) is 0 Å². The van der Waals surface area contributed by atoms with Gasteiger partial charge in [-0.05, 0) is 48.7 Å². The average molecular weight is 549 g/mol. The number of hydrazone groups is 1. The van der Waals surface area contributed by atoms with E-state index in [0.717, 1.165) is 67.9 Å². The van der Waals surface area contributed by atoms with Crippen molar-refractivity contribution in [3.8, 4) is 11.5 Å². The van der Waals surface area contributed by atoms with Gasteiger partial charge in [0.1, 0.15) is 18.0 Å².